The number of hydrogen-bond donors (Lipinski definition) is 1. The quantitative estimate of drug-likeness (QED) is 0.745. The van der Waals surface area contributed by atoms with E-state index in [1.807, 2.05) is 12.3 Å². The first-order chi connectivity index (χ1) is 6.90. The summed E-state index contributed by atoms with van der Waals surface area (Å²) in [6, 6.07) is 8.27. The third-order valence-corrected chi connectivity index (χ3v) is 2.21. The van der Waals surface area contributed by atoms with E-state index in [1.54, 1.807) is 6.20 Å². The molecule has 3 nitrogen and oxygen atoms in total. The van der Waals surface area contributed by atoms with Crippen molar-refractivity contribution in [1.29, 1.82) is 0 Å². The van der Waals surface area contributed by atoms with Gasteiger partial charge in [-0.15, -0.1) is 0 Å². The fraction of sp³-hybridized carbons (Fsp3) is 0.182. The maximum atomic E-state index is 4.98. The largest absolute Gasteiger partial charge is 0.304 e. The Hall–Kier alpha value is -1.45. The van der Waals surface area contributed by atoms with Gasteiger partial charge in [0.25, 0.3) is 0 Å². The van der Waals surface area contributed by atoms with Gasteiger partial charge >= 0.3 is 0 Å². The molecule has 0 amide bonds. The lowest BCUT2D eigenvalue weighted by molar-refractivity contribution is 0.141. The molecule has 2 rings (SSSR count). The number of aromatic nitrogens is 1. The van der Waals surface area contributed by atoms with Crippen molar-refractivity contribution < 1.29 is 4.84 Å². The van der Waals surface area contributed by atoms with Crippen molar-refractivity contribution in [3.8, 4) is 0 Å². The molecule has 1 aromatic heterocycles. The predicted molar refractivity (Wildman–Crippen MR) is 55.6 cm³/mol. The molecule has 14 heavy (non-hydrogen) atoms. The van der Waals surface area contributed by atoms with Crippen molar-refractivity contribution in [2.45, 2.75) is 6.42 Å². The van der Waals surface area contributed by atoms with Gasteiger partial charge in [-0.2, -0.15) is 0 Å². The summed E-state index contributed by atoms with van der Waals surface area (Å²) in [4.78, 5) is 8.61. The summed E-state index contributed by atoms with van der Waals surface area (Å²) in [7, 11) is 0. The smallest absolute Gasteiger partial charge is 0.0719 e. The predicted octanol–water partition coefficient (Wildman–Crippen LogP) is 1.67. The topological polar surface area (TPSA) is 48.1 Å². The number of benzene rings is 1. The number of pyridine rings is 1. The molecule has 0 unspecified atom stereocenters. The van der Waals surface area contributed by atoms with Gasteiger partial charge in [0.1, 0.15) is 0 Å². The van der Waals surface area contributed by atoms with Gasteiger partial charge in [-0.05, 0) is 23.4 Å². The standard InChI is InChI=1S/C11H12N2O/c12-14-6-4-9-1-2-11-8-13-5-3-10(11)7-9/h1-3,5,7-8H,4,6,12H2. The monoisotopic (exact) mass is 188 g/mol. The molecular weight excluding hydrogens is 176 g/mol. The molecule has 0 saturated carbocycles. The summed E-state index contributed by atoms with van der Waals surface area (Å²) in [6.07, 6.45) is 4.50. The third-order valence-electron chi connectivity index (χ3n) is 2.21. The maximum Gasteiger partial charge on any atom is 0.0719 e. The van der Waals surface area contributed by atoms with E-state index in [1.165, 1.54) is 10.9 Å². The summed E-state index contributed by atoms with van der Waals surface area (Å²) in [6.45, 7) is 0.552. The zero-order chi connectivity index (χ0) is 9.80. The van der Waals surface area contributed by atoms with Crippen LogP contribution in [-0.2, 0) is 11.3 Å². The Morgan fingerprint density at radius 2 is 2.14 bits per heavy atom. The van der Waals surface area contributed by atoms with Crippen LogP contribution in [-0.4, -0.2) is 11.6 Å². The molecular formula is C11H12N2O. The second kappa shape index (κ2) is 4.17. The van der Waals surface area contributed by atoms with Crippen LogP contribution in [0.5, 0.6) is 0 Å². The summed E-state index contributed by atoms with van der Waals surface area (Å²) in [5, 5.41) is 2.36. The van der Waals surface area contributed by atoms with E-state index < -0.39 is 0 Å². The van der Waals surface area contributed by atoms with Crippen molar-refractivity contribution in [3.63, 3.8) is 0 Å². The van der Waals surface area contributed by atoms with Crippen LogP contribution in [0.2, 0.25) is 0 Å². The zero-order valence-electron chi connectivity index (χ0n) is 7.81. The number of fused-ring (bicyclic) bond motifs is 1. The molecule has 0 aliphatic carbocycles. The number of nitrogens with zero attached hydrogens (tertiary/aromatic N) is 1. The van der Waals surface area contributed by atoms with E-state index in [4.69, 9.17) is 5.90 Å². The minimum atomic E-state index is 0.552. The molecule has 0 saturated heterocycles. The molecule has 0 radical (unpaired) electrons. The lowest BCUT2D eigenvalue weighted by atomic mass is 10.1. The second-order valence-corrected chi connectivity index (χ2v) is 3.18. The summed E-state index contributed by atoms with van der Waals surface area (Å²) in [5.74, 6) is 4.98. The SMILES string of the molecule is NOCCc1ccc2cnccc2c1. The Labute approximate surface area is 82.5 Å². The first-order valence-corrected chi connectivity index (χ1v) is 4.54. The van der Waals surface area contributed by atoms with Gasteiger partial charge in [0.05, 0.1) is 6.61 Å². The summed E-state index contributed by atoms with van der Waals surface area (Å²) < 4.78 is 0. The molecule has 0 fully saturated rings. The fourth-order valence-corrected chi connectivity index (χ4v) is 1.47. The van der Waals surface area contributed by atoms with Gasteiger partial charge in [0.15, 0.2) is 0 Å². The van der Waals surface area contributed by atoms with Crippen molar-refractivity contribution in [3.05, 3.63) is 42.2 Å². The van der Waals surface area contributed by atoms with E-state index in [9.17, 15) is 0 Å². The molecule has 0 atom stereocenters. The highest BCUT2D eigenvalue weighted by Gasteiger charge is 1.96. The first-order valence-electron chi connectivity index (χ1n) is 4.54. The van der Waals surface area contributed by atoms with E-state index in [2.05, 4.69) is 28.0 Å². The molecule has 2 N–H and O–H groups in total. The van der Waals surface area contributed by atoms with Crippen molar-refractivity contribution in [2.24, 2.45) is 5.90 Å². The number of nitrogens with two attached hydrogens (primary N) is 1. The minimum absolute atomic E-state index is 0.552. The Balaban J connectivity index is 2.32. The molecule has 3 heteroatoms. The molecule has 0 aliphatic heterocycles. The molecule has 1 aromatic carbocycles. The van der Waals surface area contributed by atoms with Gasteiger partial charge in [-0.25, -0.2) is 5.90 Å². The fourth-order valence-electron chi connectivity index (χ4n) is 1.47. The van der Waals surface area contributed by atoms with Crippen LogP contribution >= 0.6 is 0 Å². The average molecular weight is 188 g/mol. The molecule has 1 heterocycles. The molecule has 0 aliphatic rings. The normalized spacial score (nSPS) is 10.6. The number of rotatable bonds is 3. The van der Waals surface area contributed by atoms with Crippen LogP contribution in [0.25, 0.3) is 10.8 Å². The van der Waals surface area contributed by atoms with E-state index in [0.717, 1.165) is 11.8 Å². The van der Waals surface area contributed by atoms with Crippen molar-refractivity contribution >= 4 is 10.8 Å². The highest BCUT2D eigenvalue weighted by atomic mass is 16.6. The summed E-state index contributed by atoms with van der Waals surface area (Å²) >= 11 is 0. The molecule has 72 valence electrons. The Kier molecular flexibility index (Phi) is 2.72. The maximum absolute atomic E-state index is 4.98. The lowest BCUT2D eigenvalue weighted by Crippen LogP contribution is -2.03. The van der Waals surface area contributed by atoms with E-state index in [0.29, 0.717) is 6.61 Å². The van der Waals surface area contributed by atoms with Gasteiger partial charge in [-0.1, -0.05) is 18.2 Å². The van der Waals surface area contributed by atoms with Crippen LogP contribution in [0.4, 0.5) is 0 Å². The third kappa shape index (κ3) is 1.89. The molecule has 0 bridgehead atoms. The van der Waals surface area contributed by atoms with Gasteiger partial charge < -0.3 is 4.84 Å². The molecule has 2 aromatic rings. The zero-order valence-corrected chi connectivity index (χ0v) is 7.81. The average Bonchev–Trinajstić information content (AvgIpc) is 2.26. The van der Waals surface area contributed by atoms with Crippen LogP contribution in [0.1, 0.15) is 5.56 Å². The molecule has 0 spiro atoms. The second-order valence-electron chi connectivity index (χ2n) is 3.18. The van der Waals surface area contributed by atoms with Gasteiger partial charge in [0, 0.05) is 17.8 Å². The van der Waals surface area contributed by atoms with Gasteiger partial charge in [-0.3, -0.25) is 4.98 Å². The number of hydrogen-bond acceptors (Lipinski definition) is 3. The minimum Gasteiger partial charge on any atom is -0.304 e. The van der Waals surface area contributed by atoms with Crippen molar-refractivity contribution in [1.82, 2.24) is 4.98 Å². The van der Waals surface area contributed by atoms with Crippen LogP contribution in [0.3, 0.4) is 0 Å². The lowest BCUT2D eigenvalue weighted by Gasteiger charge is -2.02. The van der Waals surface area contributed by atoms with Crippen LogP contribution in [0.15, 0.2) is 36.7 Å². The highest BCUT2D eigenvalue weighted by Crippen LogP contribution is 2.14. The van der Waals surface area contributed by atoms with Crippen LogP contribution in [0, 0.1) is 0 Å². The van der Waals surface area contributed by atoms with E-state index in [-0.39, 0.29) is 0 Å². The first kappa shape index (κ1) is 9.12. The Morgan fingerprint density at radius 1 is 1.21 bits per heavy atom. The highest BCUT2D eigenvalue weighted by molar-refractivity contribution is 5.81. The van der Waals surface area contributed by atoms with Crippen LogP contribution < -0.4 is 5.90 Å². The van der Waals surface area contributed by atoms with Crippen molar-refractivity contribution in [2.75, 3.05) is 6.61 Å². The Morgan fingerprint density at radius 3 is 3.00 bits per heavy atom. The van der Waals surface area contributed by atoms with Gasteiger partial charge in [0.2, 0.25) is 0 Å². The van der Waals surface area contributed by atoms with E-state index >= 15 is 0 Å². The Bertz CT molecular complexity index is 428. The summed E-state index contributed by atoms with van der Waals surface area (Å²) in [5.41, 5.74) is 1.23.